The van der Waals surface area contributed by atoms with Gasteiger partial charge in [0.2, 0.25) is 0 Å². The van der Waals surface area contributed by atoms with Crippen molar-refractivity contribution in [1.82, 2.24) is 20.4 Å². The number of rotatable bonds is 6. The van der Waals surface area contributed by atoms with Crippen LogP contribution in [0.3, 0.4) is 0 Å². The van der Waals surface area contributed by atoms with Crippen LogP contribution in [0, 0.1) is 0 Å². The van der Waals surface area contributed by atoms with E-state index >= 15 is 0 Å². The zero-order chi connectivity index (χ0) is 12.9. The van der Waals surface area contributed by atoms with Gasteiger partial charge >= 0.3 is 7.67 Å². The highest BCUT2D eigenvalue weighted by molar-refractivity contribution is 7.54. The van der Waals surface area contributed by atoms with E-state index in [1.165, 1.54) is 9.56 Å². The van der Waals surface area contributed by atoms with E-state index in [1.54, 1.807) is 40.3 Å². The Morgan fingerprint density at radius 3 is 1.94 bits per heavy atom. The number of hydrazine groups is 2. The van der Waals surface area contributed by atoms with Crippen molar-refractivity contribution in [2.75, 3.05) is 28.2 Å². The SMILES string of the molecule is CNN(C)P(=O)(Oc1ccccc1)N(C)NC. The van der Waals surface area contributed by atoms with Crippen LogP contribution in [-0.4, -0.2) is 37.7 Å². The minimum atomic E-state index is -3.18. The van der Waals surface area contributed by atoms with Crippen LogP contribution in [0.4, 0.5) is 0 Å². The molecule has 7 heteroatoms. The number of hydrogen-bond donors (Lipinski definition) is 2. The maximum atomic E-state index is 12.7. The molecule has 0 fully saturated rings. The van der Waals surface area contributed by atoms with E-state index in [2.05, 4.69) is 10.9 Å². The van der Waals surface area contributed by atoms with Gasteiger partial charge in [0.1, 0.15) is 5.75 Å². The van der Waals surface area contributed by atoms with Gasteiger partial charge in [0.15, 0.2) is 0 Å². The summed E-state index contributed by atoms with van der Waals surface area (Å²) in [4.78, 5) is 0. The van der Waals surface area contributed by atoms with Gasteiger partial charge in [-0.1, -0.05) is 18.2 Å². The molecule has 1 aromatic carbocycles. The second-order valence-electron chi connectivity index (χ2n) is 3.39. The summed E-state index contributed by atoms with van der Waals surface area (Å²) >= 11 is 0. The number of para-hydroxylation sites is 1. The van der Waals surface area contributed by atoms with Crippen LogP contribution in [0.15, 0.2) is 30.3 Å². The average Bonchev–Trinajstić information content (AvgIpc) is 2.37. The molecule has 0 saturated carbocycles. The highest BCUT2D eigenvalue weighted by Crippen LogP contribution is 2.49. The highest BCUT2D eigenvalue weighted by atomic mass is 31.2. The Morgan fingerprint density at radius 1 is 1.06 bits per heavy atom. The van der Waals surface area contributed by atoms with Gasteiger partial charge in [0.25, 0.3) is 0 Å². The van der Waals surface area contributed by atoms with E-state index in [0.29, 0.717) is 5.75 Å². The zero-order valence-corrected chi connectivity index (χ0v) is 11.4. The van der Waals surface area contributed by atoms with Crippen LogP contribution in [-0.2, 0) is 4.57 Å². The van der Waals surface area contributed by atoms with Crippen molar-refractivity contribution in [2.45, 2.75) is 0 Å². The Kier molecular flexibility index (Phi) is 5.11. The molecule has 0 aliphatic heterocycles. The topological polar surface area (TPSA) is 56.8 Å². The lowest BCUT2D eigenvalue weighted by Crippen LogP contribution is -2.41. The maximum absolute atomic E-state index is 12.7. The average molecular weight is 258 g/mol. The number of nitrogens with one attached hydrogen (secondary N) is 2. The lowest BCUT2D eigenvalue weighted by atomic mass is 10.3. The third-order valence-corrected chi connectivity index (χ3v) is 4.74. The van der Waals surface area contributed by atoms with Gasteiger partial charge in [-0.25, -0.2) is 15.4 Å². The Labute approximate surface area is 102 Å². The summed E-state index contributed by atoms with van der Waals surface area (Å²) in [6.45, 7) is 0. The van der Waals surface area contributed by atoms with Crippen LogP contribution in [0.2, 0.25) is 0 Å². The minimum absolute atomic E-state index is 0.556. The Hall–Kier alpha value is -0.910. The molecule has 2 N–H and O–H groups in total. The van der Waals surface area contributed by atoms with Crippen LogP contribution < -0.4 is 15.4 Å². The van der Waals surface area contributed by atoms with Gasteiger partial charge in [-0.05, 0) is 26.2 Å². The second-order valence-corrected chi connectivity index (χ2v) is 5.75. The molecule has 0 spiro atoms. The largest absolute Gasteiger partial charge is 0.421 e. The standard InChI is InChI=1S/C10H19N4O2P/c1-11-13(3)17(15,14(4)12-2)16-10-8-6-5-7-9-10/h5-9,11-12H,1-4H3. The molecule has 0 amide bonds. The van der Waals surface area contributed by atoms with Crippen molar-refractivity contribution in [3.63, 3.8) is 0 Å². The molecule has 0 heterocycles. The van der Waals surface area contributed by atoms with E-state index < -0.39 is 7.67 Å². The first kappa shape index (κ1) is 14.2. The molecule has 0 aliphatic carbocycles. The first-order chi connectivity index (χ1) is 8.04. The molecule has 1 aromatic rings. The smallest absolute Gasteiger partial charge is 0.420 e. The van der Waals surface area contributed by atoms with Gasteiger partial charge in [0.05, 0.1) is 0 Å². The van der Waals surface area contributed by atoms with E-state index in [-0.39, 0.29) is 0 Å². The summed E-state index contributed by atoms with van der Waals surface area (Å²) in [5, 5.41) is 0. The molecule has 96 valence electrons. The first-order valence-electron chi connectivity index (χ1n) is 5.22. The molecule has 17 heavy (non-hydrogen) atoms. The fourth-order valence-corrected chi connectivity index (χ4v) is 2.74. The van der Waals surface area contributed by atoms with Gasteiger partial charge in [-0.3, -0.25) is 0 Å². The van der Waals surface area contributed by atoms with Gasteiger partial charge < -0.3 is 4.52 Å². The molecule has 0 radical (unpaired) electrons. The summed E-state index contributed by atoms with van der Waals surface area (Å²) in [7, 11) is 3.52. The molecular formula is C10H19N4O2P. The van der Waals surface area contributed by atoms with E-state index in [4.69, 9.17) is 4.52 Å². The number of nitrogens with zero attached hydrogens (tertiary/aromatic N) is 2. The Balaban J connectivity index is 2.96. The van der Waals surface area contributed by atoms with Crippen molar-refractivity contribution in [2.24, 2.45) is 0 Å². The molecule has 0 aromatic heterocycles. The van der Waals surface area contributed by atoms with Gasteiger partial charge in [0, 0.05) is 14.1 Å². The molecule has 0 aliphatic rings. The van der Waals surface area contributed by atoms with Crippen molar-refractivity contribution < 1.29 is 9.09 Å². The molecule has 0 bridgehead atoms. The number of hydrogen-bond acceptors (Lipinski definition) is 4. The molecule has 0 saturated heterocycles. The summed E-state index contributed by atoms with van der Waals surface area (Å²) in [5.41, 5.74) is 5.61. The van der Waals surface area contributed by atoms with Crippen LogP contribution in [0.25, 0.3) is 0 Å². The van der Waals surface area contributed by atoms with Crippen LogP contribution in [0.1, 0.15) is 0 Å². The predicted molar refractivity (Wildman–Crippen MR) is 68.3 cm³/mol. The predicted octanol–water partition coefficient (Wildman–Crippen LogP) is 1.31. The van der Waals surface area contributed by atoms with Gasteiger partial charge in [-0.2, -0.15) is 0 Å². The summed E-state index contributed by atoms with van der Waals surface area (Å²) in [6.07, 6.45) is 0. The lowest BCUT2D eigenvalue weighted by Gasteiger charge is -2.32. The highest BCUT2D eigenvalue weighted by Gasteiger charge is 2.35. The first-order valence-corrected chi connectivity index (χ1v) is 6.75. The lowest BCUT2D eigenvalue weighted by molar-refractivity contribution is 0.259. The zero-order valence-electron chi connectivity index (χ0n) is 10.5. The molecule has 6 nitrogen and oxygen atoms in total. The summed E-state index contributed by atoms with van der Waals surface area (Å²) < 4.78 is 21.2. The fourth-order valence-electron chi connectivity index (χ4n) is 1.20. The van der Waals surface area contributed by atoms with Crippen molar-refractivity contribution in [1.29, 1.82) is 0 Å². The monoisotopic (exact) mass is 258 g/mol. The van der Waals surface area contributed by atoms with Crippen LogP contribution >= 0.6 is 7.67 Å². The van der Waals surface area contributed by atoms with Gasteiger partial charge in [-0.15, -0.1) is 9.56 Å². The van der Waals surface area contributed by atoms with E-state index in [0.717, 1.165) is 0 Å². The molecular weight excluding hydrogens is 239 g/mol. The Bertz CT molecular complexity index is 373. The molecule has 1 rings (SSSR count). The fraction of sp³-hybridized carbons (Fsp3) is 0.400. The summed E-state index contributed by atoms with van der Waals surface area (Å²) in [6, 6.07) is 9.07. The van der Waals surface area contributed by atoms with Crippen molar-refractivity contribution in [3.05, 3.63) is 30.3 Å². The van der Waals surface area contributed by atoms with Crippen molar-refractivity contribution >= 4 is 7.67 Å². The molecule has 0 unspecified atom stereocenters. The number of benzene rings is 1. The maximum Gasteiger partial charge on any atom is 0.421 e. The summed E-state index contributed by atoms with van der Waals surface area (Å²) in [5.74, 6) is 0.556. The van der Waals surface area contributed by atoms with E-state index in [1.807, 2.05) is 18.2 Å². The normalized spacial score (nSPS) is 12.1. The third kappa shape index (κ3) is 3.28. The third-order valence-electron chi connectivity index (χ3n) is 2.37. The Morgan fingerprint density at radius 2 is 1.53 bits per heavy atom. The molecule has 0 atom stereocenters. The van der Waals surface area contributed by atoms with Crippen molar-refractivity contribution in [3.8, 4) is 5.75 Å². The van der Waals surface area contributed by atoms with Crippen LogP contribution in [0.5, 0.6) is 5.75 Å². The quantitative estimate of drug-likeness (QED) is 0.592. The second kappa shape index (κ2) is 6.14. The minimum Gasteiger partial charge on any atom is -0.420 e. The van der Waals surface area contributed by atoms with E-state index in [9.17, 15) is 4.57 Å².